The topological polar surface area (TPSA) is 12.0 Å². The minimum atomic E-state index is -4.14. The number of nitrogens with one attached hydrogen (secondary N) is 1. The first-order valence-electron chi connectivity index (χ1n) is 7.10. The lowest BCUT2D eigenvalue weighted by Crippen LogP contribution is -2.41. The van der Waals surface area contributed by atoms with Crippen molar-refractivity contribution in [1.82, 2.24) is 5.32 Å². The van der Waals surface area contributed by atoms with E-state index in [1.54, 1.807) is 0 Å². The molecule has 1 aliphatic rings. The molecular weight excluding hydrogens is 263 g/mol. The third-order valence-electron chi connectivity index (χ3n) is 4.01. The Morgan fingerprint density at radius 1 is 1.05 bits per heavy atom. The van der Waals surface area contributed by atoms with Gasteiger partial charge in [0.1, 0.15) is 0 Å². The molecule has 0 bridgehead atoms. The van der Waals surface area contributed by atoms with E-state index in [9.17, 15) is 13.2 Å². The van der Waals surface area contributed by atoms with Crippen LogP contribution in [0.15, 0.2) is 24.3 Å². The molecule has 0 amide bonds. The van der Waals surface area contributed by atoms with Gasteiger partial charge >= 0.3 is 6.18 Å². The van der Waals surface area contributed by atoms with E-state index >= 15 is 0 Å². The second-order valence-electron chi connectivity index (χ2n) is 6.59. The predicted molar refractivity (Wildman–Crippen MR) is 74.7 cm³/mol. The Morgan fingerprint density at radius 3 is 2.15 bits per heavy atom. The van der Waals surface area contributed by atoms with Crippen LogP contribution in [0.3, 0.4) is 0 Å². The summed E-state index contributed by atoms with van der Waals surface area (Å²) in [5.74, 6) is -1.28. The molecule has 1 aliphatic heterocycles. The number of piperidine rings is 1. The Hall–Kier alpha value is -1.03. The number of benzene rings is 1. The standard InChI is InChI=1S/C16H22F3N/c1-15(2,3)12-8-6-11(7-9-12)14-13(16(17,18)19)5-4-10-20-14/h6-9,13-14,20H,4-5,10H2,1-3H3. The van der Waals surface area contributed by atoms with E-state index in [-0.39, 0.29) is 11.8 Å². The van der Waals surface area contributed by atoms with Crippen molar-refractivity contribution in [2.24, 2.45) is 5.92 Å². The maximum absolute atomic E-state index is 13.1. The average molecular weight is 285 g/mol. The molecule has 2 atom stereocenters. The molecule has 2 rings (SSSR count). The fraction of sp³-hybridized carbons (Fsp3) is 0.625. The van der Waals surface area contributed by atoms with Crippen molar-refractivity contribution in [2.45, 2.75) is 51.2 Å². The molecule has 4 heteroatoms. The minimum absolute atomic E-state index is 0.0158. The molecule has 1 N–H and O–H groups in total. The van der Waals surface area contributed by atoms with Gasteiger partial charge in [0.15, 0.2) is 0 Å². The van der Waals surface area contributed by atoms with Crippen molar-refractivity contribution < 1.29 is 13.2 Å². The van der Waals surface area contributed by atoms with E-state index in [0.29, 0.717) is 13.0 Å². The van der Waals surface area contributed by atoms with Gasteiger partial charge in [-0.25, -0.2) is 0 Å². The second kappa shape index (κ2) is 5.40. The second-order valence-corrected chi connectivity index (χ2v) is 6.59. The molecule has 1 fully saturated rings. The molecule has 0 spiro atoms. The van der Waals surface area contributed by atoms with Gasteiger partial charge in [-0.05, 0) is 35.9 Å². The summed E-state index contributed by atoms with van der Waals surface area (Å²) in [7, 11) is 0. The minimum Gasteiger partial charge on any atom is -0.309 e. The molecule has 0 aliphatic carbocycles. The highest BCUT2D eigenvalue weighted by atomic mass is 19.4. The normalized spacial score (nSPS) is 24.7. The molecule has 1 nitrogen and oxygen atoms in total. The number of halogens is 3. The molecule has 1 saturated heterocycles. The number of rotatable bonds is 1. The Labute approximate surface area is 118 Å². The van der Waals surface area contributed by atoms with E-state index in [4.69, 9.17) is 0 Å². The Bertz CT molecular complexity index is 442. The molecule has 112 valence electrons. The zero-order chi connectivity index (χ0) is 15.0. The van der Waals surface area contributed by atoms with Crippen molar-refractivity contribution in [1.29, 1.82) is 0 Å². The van der Waals surface area contributed by atoms with Crippen LogP contribution in [0.1, 0.15) is 50.8 Å². The van der Waals surface area contributed by atoms with Crippen molar-refractivity contribution in [3.05, 3.63) is 35.4 Å². The molecular formula is C16H22F3N. The van der Waals surface area contributed by atoms with E-state index in [1.165, 1.54) is 0 Å². The van der Waals surface area contributed by atoms with Crippen LogP contribution in [0.25, 0.3) is 0 Å². The smallest absolute Gasteiger partial charge is 0.309 e. The summed E-state index contributed by atoms with van der Waals surface area (Å²) < 4.78 is 39.3. The largest absolute Gasteiger partial charge is 0.393 e. The third-order valence-corrected chi connectivity index (χ3v) is 4.01. The molecule has 0 saturated carbocycles. The van der Waals surface area contributed by atoms with Crippen molar-refractivity contribution in [2.75, 3.05) is 6.54 Å². The zero-order valence-electron chi connectivity index (χ0n) is 12.2. The maximum atomic E-state index is 13.1. The molecule has 20 heavy (non-hydrogen) atoms. The highest BCUT2D eigenvalue weighted by molar-refractivity contribution is 5.30. The first-order chi connectivity index (χ1) is 9.19. The van der Waals surface area contributed by atoms with Crippen molar-refractivity contribution in [3.8, 4) is 0 Å². The van der Waals surface area contributed by atoms with Crippen LogP contribution in [0, 0.1) is 5.92 Å². The van der Waals surface area contributed by atoms with E-state index in [0.717, 1.165) is 11.1 Å². The highest BCUT2D eigenvalue weighted by Gasteiger charge is 2.45. The molecule has 1 aromatic rings. The molecule has 1 aromatic carbocycles. The lowest BCUT2D eigenvalue weighted by Gasteiger charge is -2.34. The summed E-state index contributed by atoms with van der Waals surface area (Å²) in [5, 5.41) is 3.03. The van der Waals surface area contributed by atoms with Crippen LogP contribution in [0.5, 0.6) is 0 Å². The Kier molecular flexibility index (Phi) is 4.14. The van der Waals surface area contributed by atoms with Gasteiger partial charge < -0.3 is 5.32 Å². The summed E-state index contributed by atoms with van der Waals surface area (Å²) in [4.78, 5) is 0. The van der Waals surface area contributed by atoms with Crippen LogP contribution in [-0.2, 0) is 5.41 Å². The monoisotopic (exact) mass is 285 g/mol. The van der Waals surface area contributed by atoms with Crippen LogP contribution in [0.4, 0.5) is 13.2 Å². The number of hydrogen-bond donors (Lipinski definition) is 1. The van der Waals surface area contributed by atoms with Crippen LogP contribution in [0.2, 0.25) is 0 Å². The molecule has 1 heterocycles. The van der Waals surface area contributed by atoms with Crippen LogP contribution in [-0.4, -0.2) is 12.7 Å². The lowest BCUT2D eigenvalue weighted by molar-refractivity contribution is -0.189. The van der Waals surface area contributed by atoms with Gasteiger partial charge in [-0.3, -0.25) is 0 Å². The maximum Gasteiger partial charge on any atom is 0.393 e. The third kappa shape index (κ3) is 3.35. The van der Waals surface area contributed by atoms with Crippen LogP contribution >= 0.6 is 0 Å². The van der Waals surface area contributed by atoms with E-state index < -0.39 is 18.1 Å². The lowest BCUT2D eigenvalue weighted by atomic mass is 9.83. The highest BCUT2D eigenvalue weighted by Crippen LogP contribution is 2.41. The summed E-state index contributed by atoms with van der Waals surface area (Å²) in [6, 6.07) is 6.95. The molecule has 0 aromatic heterocycles. The van der Waals surface area contributed by atoms with Crippen molar-refractivity contribution >= 4 is 0 Å². The number of alkyl halides is 3. The van der Waals surface area contributed by atoms with Gasteiger partial charge in [0, 0.05) is 6.04 Å². The Morgan fingerprint density at radius 2 is 1.65 bits per heavy atom. The van der Waals surface area contributed by atoms with Gasteiger partial charge in [0.25, 0.3) is 0 Å². The summed E-state index contributed by atoms with van der Waals surface area (Å²) in [6.07, 6.45) is -3.34. The zero-order valence-corrected chi connectivity index (χ0v) is 12.2. The first-order valence-corrected chi connectivity index (χ1v) is 7.10. The first kappa shape index (κ1) is 15.4. The quantitative estimate of drug-likeness (QED) is 0.796. The Balaban J connectivity index is 2.25. The molecule has 2 unspecified atom stereocenters. The fourth-order valence-electron chi connectivity index (χ4n) is 2.78. The van der Waals surface area contributed by atoms with Crippen LogP contribution < -0.4 is 5.32 Å². The van der Waals surface area contributed by atoms with Crippen molar-refractivity contribution in [3.63, 3.8) is 0 Å². The average Bonchev–Trinajstić information content (AvgIpc) is 2.37. The fourth-order valence-corrected chi connectivity index (χ4v) is 2.78. The summed E-state index contributed by atoms with van der Waals surface area (Å²) >= 11 is 0. The summed E-state index contributed by atoms with van der Waals surface area (Å²) in [5.41, 5.74) is 1.89. The van der Waals surface area contributed by atoms with Gasteiger partial charge in [-0.1, -0.05) is 45.0 Å². The van der Waals surface area contributed by atoms with E-state index in [1.807, 2.05) is 24.3 Å². The van der Waals surface area contributed by atoms with Gasteiger partial charge in [0.2, 0.25) is 0 Å². The SMILES string of the molecule is CC(C)(C)c1ccc(C2NCCCC2C(F)(F)F)cc1. The number of hydrogen-bond acceptors (Lipinski definition) is 1. The van der Waals surface area contributed by atoms with Gasteiger partial charge in [-0.2, -0.15) is 13.2 Å². The van der Waals surface area contributed by atoms with Gasteiger partial charge in [-0.15, -0.1) is 0 Å². The molecule has 0 radical (unpaired) electrons. The van der Waals surface area contributed by atoms with E-state index in [2.05, 4.69) is 26.1 Å². The van der Waals surface area contributed by atoms with Gasteiger partial charge in [0.05, 0.1) is 5.92 Å². The summed E-state index contributed by atoms with van der Waals surface area (Å²) in [6.45, 7) is 6.94. The predicted octanol–water partition coefficient (Wildman–Crippen LogP) is 4.59.